The number of anilines is 1. The first-order valence-electron chi connectivity index (χ1n) is 5.86. The number of ether oxygens (including phenoxy) is 1. The highest BCUT2D eigenvalue weighted by Crippen LogP contribution is 2.12. The molecule has 1 aliphatic rings. The van der Waals surface area contributed by atoms with Crippen LogP contribution >= 0.6 is 0 Å². The molecule has 1 N–H and O–H groups in total. The number of nitrogens with zero attached hydrogens (tertiary/aromatic N) is 2. The van der Waals surface area contributed by atoms with E-state index in [4.69, 9.17) is 4.74 Å². The lowest BCUT2D eigenvalue weighted by Crippen LogP contribution is -2.45. The van der Waals surface area contributed by atoms with Gasteiger partial charge in [-0.05, 0) is 11.6 Å². The molecule has 0 aliphatic carbocycles. The molecular weight excluding hydrogens is 218 g/mol. The zero-order valence-corrected chi connectivity index (χ0v) is 10.4. The summed E-state index contributed by atoms with van der Waals surface area (Å²) in [6.45, 7) is 4.15. The largest absolute Gasteiger partial charge is 0.380 e. The Labute approximate surface area is 101 Å². The summed E-state index contributed by atoms with van der Waals surface area (Å²) in [7, 11) is 3.45. The molecule has 0 radical (unpaired) electrons. The van der Waals surface area contributed by atoms with Crippen LogP contribution in [0.5, 0.6) is 0 Å². The van der Waals surface area contributed by atoms with E-state index in [1.54, 1.807) is 18.7 Å². The minimum atomic E-state index is 0.0618. The highest BCUT2D eigenvalue weighted by Gasteiger charge is 2.15. The standard InChI is InChI=1S/C12H19N3O2/c1-14-8-10(9-17-2)7-11(12(14)16)15-5-3-13-4-6-15/h7-8,13H,3-6,9H2,1-2H3. The Kier molecular flexibility index (Phi) is 3.81. The van der Waals surface area contributed by atoms with Crippen LogP contribution in [0.3, 0.4) is 0 Å². The molecule has 5 nitrogen and oxygen atoms in total. The van der Waals surface area contributed by atoms with Gasteiger partial charge in [-0.3, -0.25) is 4.79 Å². The summed E-state index contributed by atoms with van der Waals surface area (Å²) in [5.41, 5.74) is 1.87. The molecule has 94 valence electrons. The summed E-state index contributed by atoms with van der Waals surface area (Å²) in [5, 5.41) is 3.28. The van der Waals surface area contributed by atoms with Gasteiger partial charge in [0.15, 0.2) is 0 Å². The average Bonchev–Trinajstić information content (AvgIpc) is 2.35. The zero-order chi connectivity index (χ0) is 12.3. The predicted octanol–water partition coefficient (Wildman–Crippen LogP) is -0.0587. The zero-order valence-electron chi connectivity index (χ0n) is 10.4. The molecule has 2 rings (SSSR count). The van der Waals surface area contributed by atoms with Crippen molar-refractivity contribution in [3.8, 4) is 0 Å². The molecule has 1 fully saturated rings. The van der Waals surface area contributed by atoms with E-state index >= 15 is 0 Å². The van der Waals surface area contributed by atoms with E-state index in [9.17, 15) is 4.79 Å². The third-order valence-electron chi connectivity index (χ3n) is 2.99. The van der Waals surface area contributed by atoms with E-state index in [-0.39, 0.29) is 5.56 Å². The van der Waals surface area contributed by atoms with Gasteiger partial charge >= 0.3 is 0 Å². The van der Waals surface area contributed by atoms with Gasteiger partial charge in [-0.2, -0.15) is 0 Å². The lowest BCUT2D eigenvalue weighted by atomic mass is 10.2. The fourth-order valence-corrected chi connectivity index (χ4v) is 2.14. The van der Waals surface area contributed by atoms with Gasteiger partial charge in [0, 0.05) is 46.5 Å². The fraction of sp³-hybridized carbons (Fsp3) is 0.583. The monoisotopic (exact) mass is 237 g/mol. The molecular formula is C12H19N3O2. The second kappa shape index (κ2) is 5.33. The number of aryl methyl sites for hydroxylation is 1. The van der Waals surface area contributed by atoms with Crippen molar-refractivity contribution in [3.05, 3.63) is 28.2 Å². The van der Waals surface area contributed by atoms with Gasteiger partial charge in [0.05, 0.1) is 6.61 Å². The van der Waals surface area contributed by atoms with Crippen LogP contribution in [-0.4, -0.2) is 37.9 Å². The predicted molar refractivity (Wildman–Crippen MR) is 67.5 cm³/mol. The molecule has 2 heterocycles. The summed E-state index contributed by atoms with van der Waals surface area (Å²) in [6, 6.07) is 1.94. The molecule has 1 aromatic rings. The maximum Gasteiger partial charge on any atom is 0.273 e. The van der Waals surface area contributed by atoms with E-state index in [0.29, 0.717) is 6.61 Å². The van der Waals surface area contributed by atoms with Gasteiger partial charge in [0.1, 0.15) is 5.69 Å². The number of piperazine rings is 1. The first-order chi connectivity index (χ1) is 8.22. The van der Waals surface area contributed by atoms with Gasteiger partial charge in [0.25, 0.3) is 5.56 Å². The Hall–Kier alpha value is -1.33. The lowest BCUT2D eigenvalue weighted by Gasteiger charge is -2.29. The summed E-state index contributed by atoms with van der Waals surface area (Å²) >= 11 is 0. The number of nitrogens with one attached hydrogen (secondary N) is 1. The highest BCUT2D eigenvalue weighted by atomic mass is 16.5. The van der Waals surface area contributed by atoms with Crippen molar-refractivity contribution in [2.45, 2.75) is 6.61 Å². The van der Waals surface area contributed by atoms with Crippen molar-refractivity contribution >= 4 is 5.69 Å². The van der Waals surface area contributed by atoms with Crippen LogP contribution < -0.4 is 15.8 Å². The minimum Gasteiger partial charge on any atom is -0.380 e. The van der Waals surface area contributed by atoms with Gasteiger partial charge in [-0.15, -0.1) is 0 Å². The number of hydrogen-bond donors (Lipinski definition) is 1. The van der Waals surface area contributed by atoms with Crippen LogP contribution in [0, 0.1) is 0 Å². The molecule has 0 spiro atoms. The quantitative estimate of drug-likeness (QED) is 0.800. The van der Waals surface area contributed by atoms with Crippen LogP contribution in [-0.2, 0) is 18.4 Å². The topological polar surface area (TPSA) is 46.5 Å². The van der Waals surface area contributed by atoms with E-state index in [1.807, 2.05) is 12.3 Å². The summed E-state index contributed by atoms with van der Waals surface area (Å²) in [6.07, 6.45) is 1.83. The first-order valence-corrected chi connectivity index (χ1v) is 5.86. The van der Waals surface area contributed by atoms with Crippen molar-refractivity contribution in [2.24, 2.45) is 7.05 Å². The smallest absolute Gasteiger partial charge is 0.273 e. The van der Waals surface area contributed by atoms with Crippen LogP contribution in [0.4, 0.5) is 5.69 Å². The van der Waals surface area contributed by atoms with Crippen LogP contribution in [0.25, 0.3) is 0 Å². The maximum atomic E-state index is 12.1. The van der Waals surface area contributed by atoms with Gasteiger partial charge in [0.2, 0.25) is 0 Å². The number of pyridine rings is 1. The number of hydrogen-bond acceptors (Lipinski definition) is 4. The summed E-state index contributed by atoms with van der Waals surface area (Å²) < 4.78 is 6.75. The molecule has 5 heteroatoms. The van der Waals surface area contributed by atoms with E-state index < -0.39 is 0 Å². The Morgan fingerprint density at radius 2 is 2.12 bits per heavy atom. The van der Waals surface area contributed by atoms with Gasteiger partial charge in [-0.1, -0.05) is 0 Å². The Morgan fingerprint density at radius 3 is 2.76 bits per heavy atom. The molecule has 0 aromatic carbocycles. The molecule has 0 atom stereocenters. The van der Waals surface area contributed by atoms with Crippen LogP contribution in [0.2, 0.25) is 0 Å². The van der Waals surface area contributed by atoms with E-state index in [0.717, 1.165) is 37.4 Å². The second-order valence-electron chi connectivity index (χ2n) is 4.32. The van der Waals surface area contributed by atoms with Crippen molar-refractivity contribution in [1.29, 1.82) is 0 Å². The van der Waals surface area contributed by atoms with Crippen LogP contribution in [0.1, 0.15) is 5.56 Å². The van der Waals surface area contributed by atoms with E-state index in [1.165, 1.54) is 0 Å². The molecule has 0 amide bonds. The number of rotatable bonds is 3. The first kappa shape index (κ1) is 12.1. The molecule has 1 aromatic heterocycles. The maximum absolute atomic E-state index is 12.1. The van der Waals surface area contributed by atoms with Gasteiger partial charge in [-0.25, -0.2) is 0 Å². The van der Waals surface area contributed by atoms with Crippen molar-refractivity contribution in [2.75, 3.05) is 38.2 Å². The summed E-state index contributed by atoms with van der Waals surface area (Å²) in [4.78, 5) is 14.2. The third kappa shape index (κ3) is 2.68. The summed E-state index contributed by atoms with van der Waals surface area (Å²) in [5.74, 6) is 0. The Morgan fingerprint density at radius 1 is 1.41 bits per heavy atom. The minimum absolute atomic E-state index is 0.0618. The molecule has 0 bridgehead atoms. The molecule has 17 heavy (non-hydrogen) atoms. The second-order valence-corrected chi connectivity index (χ2v) is 4.32. The molecule has 1 saturated heterocycles. The lowest BCUT2D eigenvalue weighted by molar-refractivity contribution is 0.184. The van der Waals surface area contributed by atoms with Crippen LogP contribution in [0.15, 0.2) is 17.1 Å². The van der Waals surface area contributed by atoms with Crippen molar-refractivity contribution in [1.82, 2.24) is 9.88 Å². The normalized spacial score (nSPS) is 16.2. The third-order valence-corrected chi connectivity index (χ3v) is 2.99. The average molecular weight is 237 g/mol. The van der Waals surface area contributed by atoms with Crippen molar-refractivity contribution in [3.63, 3.8) is 0 Å². The highest BCUT2D eigenvalue weighted by molar-refractivity contribution is 5.47. The van der Waals surface area contributed by atoms with E-state index in [2.05, 4.69) is 10.2 Å². The Balaban J connectivity index is 2.33. The SMILES string of the molecule is COCc1cc(N2CCNCC2)c(=O)n(C)c1. The van der Waals surface area contributed by atoms with Gasteiger partial charge < -0.3 is 19.5 Å². The molecule has 0 saturated carbocycles. The van der Waals surface area contributed by atoms with Crippen molar-refractivity contribution < 1.29 is 4.74 Å². The Bertz CT molecular complexity index is 436. The number of aromatic nitrogens is 1. The fourth-order valence-electron chi connectivity index (χ4n) is 2.14. The molecule has 1 aliphatic heterocycles. The molecule has 0 unspecified atom stereocenters. The number of methoxy groups -OCH3 is 1.